The summed E-state index contributed by atoms with van der Waals surface area (Å²) >= 11 is 0. The van der Waals surface area contributed by atoms with Crippen LogP contribution >= 0.6 is 0 Å². The van der Waals surface area contributed by atoms with E-state index in [9.17, 15) is 5.11 Å². The van der Waals surface area contributed by atoms with Crippen LogP contribution in [0.2, 0.25) is 0 Å². The summed E-state index contributed by atoms with van der Waals surface area (Å²) in [6, 6.07) is 7.49. The number of guanidine groups is 1. The zero-order valence-electron chi connectivity index (χ0n) is 10.8. The fourth-order valence-corrected chi connectivity index (χ4v) is 1.96. The second kappa shape index (κ2) is 5.73. The number of nitrogens with one attached hydrogen (secondary N) is 1. The largest absolute Gasteiger partial charge is 0.496 e. The van der Waals surface area contributed by atoms with Crippen molar-refractivity contribution in [3.8, 4) is 5.75 Å². The SMILES string of the molecule is COc1ccccc1C(O)CNC1=NCCN1C. The summed E-state index contributed by atoms with van der Waals surface area (Å²) in [6.45, 7) is 2.15. The van der Waals surface area contributed by atoms with Gasteiger partial charge in [0.2, 0.25) is 0 Å². The standard InChI is InChI=1S/C13H19N3O2/c1-16-8-7-14-13(16)15-9-11(17)10-5-3-4-6-12(10)18-2/h3-6,11,17H,7-9H2,1-2H3,(H,14,15). The molecule has 98 valence electrons. The van der Waals surface area contributed by atoms with Crippen molar-refractivity contribution in [3.05, 3.63) is 29.8 Å². The van der Waals surface area contributed by atoms with E-state index in [2.05, 4.69) is 10.3 Å². The number of aliphatic hydroxyl groups excluding tert-OH is 1. The van der Waals surface area contributed by atoms with Crippen LogP contribution in [0.4, 0.5) is 0 Å². The molecule has 0 spiro atoms. The first-order chi connectivity index (χ1) is 8.72. The van der Waals surface area contributed by atoms with Crippen molar-refractivity contribution in [3.63, 3.8) is 0 Å². The molecule has 0 radical (unpaired) electrons. The first-order valence-corrected chi connectivity index (χ1v) is 6.03. The van der Waals surface area contributed by atoms with E-state index in [1.807, 2.05) is 36.2 Å². The third-order valence-electron chi connectivity index (χ3n) is 3.01. The van der Waals surface area contributed by atoms with Crippen molar-refractivity contribution < 1.29 is 9.84 Å². The summed E-state index contributed by atoms with van der Waals surface area (Å²) < 4.78 is 5.23. The molecule has 1 aliphatic rings. The molecule has 5 heteroatoms. The van der Waals surface area contributed by atoms with Gasteiger partial charge >= 0.3 is 0 Å². The number of hydrogen-bond acceptors (Lipinski definition) is 5. The van der Waals surface area contributed by atoms with E-state index >= 15 is 0 Å². The number of aliphatic hydroxyl groups is 1. The molecule has 0 amide bonds. The molecule has 0 saturated heterocycles. The van der Waals surface area contributed by atoms with Crippen LogP contribution in [-0.2, 0) is 0 Å². The van der Waals surface area contributed by atoms with Gasteiger partial charge in [-0.05, 0) is 6.07 Å². The number of hydrogen-bond donors (Lipinski definition) is 2. The van der Waals surface area contributed by atoms with Crippen LogP contribution in [0.5, 0.6) is 5.75 Å². The molecule has 1 aromatic rings. The molecular formula is C13H19N3O2. The maximum atomic E-state index is 10.2. The molecule has 0 fully saturated rings. The van der Waals surface area contributed by atoms with E-state index in [1.165, 1.54) is 0 Å². The Labute approximate surface area is 107 Å². The molecule has 0 aromatic heterocycles. The van der Waals surface area contributed by atoms with Crippen molar-refractivity contribution in [1.82, 2.24) is 10.2 Å². The summed E-state index contributed by atoms with van der Waals surface area (Å²) in [5.41, 5.74) is 0.786. The summed E-state index contributed by atoms with van der Waals surface area (Å²) in [5, 5.41) is 13.3. The Kier molecular flexibility index (Phi) is 4.04. The normalized spacial score (nSPS) is 16.4. The van der Waals surface area contributed by atoms with E-state index in [4.69, 9.17) is 4.74 Å². The highest BCUT2D eigenvalue weighted by molar-refractivity contribution is 5.81. The predicted molar refractivity (Wildman–Crippen MR) is 70.9 cm³/mol. The number of methoxy groups -OCH3 is 1. The zero-order valence-corrected chi connectivity index (χ0v) is 10.8. The van der Waals surface area contributed by atoms with Gasteiger partial charge in [-0.25, -0.2) is 0 Å². The minimum atomic E-state index is -0.613. The highest BCUT2D eigenvalue weighted by Gasteiger charge is 2.16. The molecule has 5 nitrogen and oxygen atoms in total. The van der Waals surface area contributed by atoms with Crippen LogP contribution in [0.15, 0.2) is 29.3 Å². The fourth-order valence-electron chi connectivity index (χ4n) is 1.96. The summed E-state index contributed by atoms with van der Waals surface area (Å²) in [5.74, 6) is 1.54. The van der Waals surface area contributed by atoms with Gasteiger partial charge in [0, 0.05) is 25.7 Å². The van der Waals surface area contributed by atoms with Crippen LogP contribution in [0.25, 0.3) is 0 Å². The Bertz CT molecular complexity index is 434. The average molecular weight is 249 g/mol. The highest BCUT2D eigenvalue weighted by atomic mass is 16.5. The molecule has 1 aromatic carbocycles. The summed E-state index contributed by atoms with van der Waals surface area (Å²) in [7, 11) is 3.59. The molecule has 1 aliphatic heterocycles. The van der Waals surface area contributed by atoms with Gasteiger partial charge in [-0.2, -0.15) is 0 Å². The number of ether oxygens (including phenoxy) is 1. The zero-order chi connectivity index (χ0) is 13.0. The maximum absolute atomic E-state index is 10.2. The van der Waals surface area contributed by atoms with Crippen molar-refractivity contribution in [2.45, 2.75) is 6.10 Å². The number of benzene rings is 1. The lowest BCUT2D eigenvalue weighted by molar-refractivity contribution is 0.175. The Morgan fingerprint density at radius 2 is 2.28 bits per heavy atom. The maximum Gasteiger partial charge on any atom is 0.193 e. The first-order valence-electron chi connectivity index (χ1n) is 6.03. The second-order valence-electron chi connectivity index (χ2n) is 4.27. The number of nitrogens with zero attached hydrogens (tertiary/aromatic N) is 2. The molecule has 1 atom stereocenters. The van der Waals surface area contributed by atoms with Crippen molar-refractivity contribution in [2.75, 3.05) is 33.8 Å². The van der Waals surface area contributed by atoms with Gasteiger partial charge in [0.15, 0.2) is 5.96 Å². The van der Waals surface area contributed by atoms with Crippen molar-refractivity contribution in [1.29, 1.82) is 0 Å². The molecule has 0 bridgehead atoms. The predicted octanol–water partition coefficient (Wildman–Crippen LogP) is 0.620. The monoisotopic (exact) mass is 249 g/mol. The summed E-state index contributed by atoms with van der Waals surface area (Å²) in [6.07, 6.45) is -0.613. The lowest BCUT2D eigenvalue weighted by Crippen LogP contribution is -2.37. The molecule has 1 heterocycles. The van der Waals surface area contributed by atoms with Crippen molar-refractivity contribution >= 4 is 5.96 Å². The second-order valence-corrected chi connectivity index (χ2v) is 4.27. The lowest BCUT2D eigenvalue weighted by Gasteiger charge is -2.19. The van der Waals surface area contributed by atoms with Gasteiger partial charge in [0.05, 0.1) is 19.8 Å². The van der Waals surface area contributed by atoms with E-state index < -0.39 is 6.10 Å². The third kappa shape index (κ3) is 2.73. The Hall–Kier alpha value is -1.75. The van der Waals surface area contributed by atoms with Gasteiger partial charge in [-0.3, -0.25) is 4.99 Å². The number of rotatable bonds is 4. The van der Waals surface area contributed by atoms with Crippen LogP contribution in [0.1, 0.15) is 11.7 Å². The van der Waals surface area contributed by atoms with Gasteiger partial charge < -0.3 is 20.1 Å². The number of aliphatic imine (C=N–C) groups is 1. The average Bonchev–Trinajstić information content (AvgIpc) is 2.81. The molecule has 2 N–H and O–H groups in total. The molecule has 0 saturated carbocycles. The molecular weight excluding hydrogens is 230 g/mol. The third-order valence-corrected chi connectivity index (χ3v) is 3.01. The topological polar surface area (TPSA) is 57.1 Å². The molecule has 2 rings (SSSR count). The lowest BCUT2D eigenvalue weighted by atomic mass is 10.1. The van der Waals surface area contributed by atoms with E-state index in [-0.39, 0.29) is 0 Å². The van der Waals surface area contributed by atoms with E-state index in [0.717, 1.165) is 24.6 Å². The first kappa shape index (κ1) is 12.7. The molecule has 18 heavy (non-hydrogen) atoms. The van der Waals surface area contributed by atoms with E-state index in [0.29, 0.717) is 12.3 Å². The Morgan fingerprint density at radius 1 is 1.50 bits per heavy atom. The number of likely N-dealkylation sites (N-methyl/N-ethyl adjacent to an activating group) is 1. The van der Waals surface area contributed by atoms with E-state index in [1.54, 1.807) is 7.11 Å². The quantitative estimate of drug-likeness (QED) is 0.821. The van der Waals surface area contributed by atoms with Gasteiger partial charge in [0.1, 0.15) is 5.75 Å². The van der Waals surface area contributed by atoms with Crippen LogP contribution in [0.3, 0.4) is 0 Å². The minimum absolute atomic E-state index is 0.420. The smallest absolute Gasteiger partial charge is 0.193 e. The summed E-state index contributed by atoms with van der Waals surface area (Å²) in [4.78, 5) is 6.35. The molecule has 0 aliphatic carbocycles. The van der Waals surface area contributed by atoms with Crippen LogP contribution in [-0.4, -0.2) is 49.8 Å². The van der Waals surface area contributed by atoms with Gasteiger partial charge in [0.25, 0.3) is 0 Å². The Balaban J connectivity index is 1.97. The minimum Gasteiger partial charge on any atom is -0.496 e. The van der Waals surface area contributed by atoms with Crippen molar-refractivity contribution in [2.24, 2.45) is 4.99 Å². The highest BCUT2D eigenvalue weighted by Crippen LogP contribution is 2.24. The van der Waals surface area contributed by atoms with Crippen LogP contribution < -0.4 is 10.1 Å². The number of para-hydroxylation sites is 1. The van der Waals surface area contributed by atoms with Crippen LogP contribution in [0, 0.1) is 0 Å². The molecule has 1 unspecified atom stereocenters. The fraction of sp³-hybridized carbons (Fsp3) is 0.462. The van der Waals surface area contributed by atoms with Gasteiger partial charge in [-0.15, -0.1) is 0 Å². The Morgan fingerprint density at radius 3 is 2.94 bits per heavy atom. The van der Waals surface area contributed by atoms with Gasteiger partial charge in [-0.1, -0.05) is 18.2 Å².